The molecule has 0 atom stereocenters. The summed E-state index contributed by atoms with van der Waals surface area (Å²) in [6.45, 7) is 0.878. The minimum atomic E-state index is -0.123. The third kappa shape index (κ3) is 5.23. The number of ether oxygens (including phenoxy) is 3. The number of hydrogen-bond acceptors (Lipinski definition) is 6. The van der Waals surface area contributed by atoms with Crippen LogP contribution in [0.25, 0.3) is 6.08 Å². The van der Waals surface area contributed by atoms with Crippen LogP contribution in [0, 0.1) is 0 Å². The minimum absolute atomic E-state index is 0.123. The lowest BCUT2D eigenvalue weighted by molar-refractivity contribution is -0.121. The number of hydrogen-bond donors (Lipinski definition) is 0. The van der Waals surface area contributed by atoms with Crippen molar-refractivity contribution in [1.82, 2.24) is 4.90 Å². The van der Waals surface area contributed by atoms with Crippen molar-refractivity contribution in [2.75, 3.05) is 27.4 Å². The van der Waals surface area contributed by atoms with E-state index in [4.69, 9.17) is 38.0 Å². The average molecular weight is 450 g/mol. The standard InChI is InChI=1S/C21H20ClNO4S2/c1-23-20(24)18(29-21(23)28)13-14-7-5-10-17(25-2)19(14)27-12-6-11-26-16-9-4-3-8-15(16)22/h3-5,7-10,13H,6,11-12H2,1-2H3. The van der Waals surface area contributed by atoms with Gasteiger partial charge in [0.05, 0.1) is 30.3 Å². The summed E-state index contributed by atoms with van der Waals surface area (Å²) in [6, 6.07) is 12.9. The highest BCUT2D eigenvalue weighted by Crippen LogP contribution is 2.37. The fraction of sp³-hybridized carbons (Fsp3) is 0.238. The second-order valence-corrected chi connectivity index (χ2v) is 8.18. The van der Waals surface area contributed by atoms with Gasteiger partial charge in [0.1, 0.15) is 10.1 Å². The second-order valence-electron chi connectivity index (χ2n) is 6.10. The van der Waals surface area contributed by atoms with E-state index < -0.39 is 0 Å². The van der Waals surface area contributed by atoms with E-state index in [1.54, 1.807) is 26.3 Å². The van der Waals surface area contributed by atoms with Gasteiger partial charge < -0.3 is 14.2 Å². The number of likely N-dealkylation sites (N-methyl/N-ethyl adjacent to an activating group) is 1. The molecule has 0 bridgehead atoms. The zero-order chi connectivity index (χ0) is 20.8. The molecule has 1 aliphatic heterocycles. The van der Waals surface area contributed by atoms with Gasteiger partial charge in [-0.2, -0.15) is 0 Å². The van der Waals surface area contributed by atoms with Gasteiger partial charge >= 0.3 is 0 Å². The van der Waals surface area contributed by atoms with Crippen LogP contribution in [0.1, 0.15) is 12.0 Å². The van der Waals surface area contributed by atoms with Crippen molar-refractivity contribution < 1.29 is 19.0 Å². The van der Waals surface area contributed by atoms with Crippen LogP contribution < -0.4 is 14.2 Å². The first kappa shape index (κ1) is 21.5. The number of rotatable bonds is 8. The smallest absolute Gasteiger partial charge is 0.265 e. The van der Waals surface area contributed by atoms with E-state index >= 15 is 0 Å². The molecule has 0 spiro atoms. The number of nitrogens with zero attached hydrogens (tertiary/aromatic N) is 1. The van der Waals surface area contributed by atoms with E-state index in [0.717, 1.165) is 5.56 Å². The summed E-state index contributed by atoms with van der Waals surface area (Å²) >= 11 is 12.5. The topological polar surface area (TPSA) is 48.0 Å². The van der Waals surface area contributed by atoms with Crippen LogP contribution in [0.15, 0.2) is 47.4 Å². The summed E-state index contributed by atoms with van der Waals surface area (Å²) in [6.07, 6.45) is 2.43. The first-order valence-corrected chi connectivity index (χ1v) is 10.5. The fourth-order valence-electron chi connectivity index (χ4n) is 2.63. The summed E-state index contributed by atoms with van der Waals surface area (Å²) in [7, 11) is 3.25. The number of amides is 1. The molecule has 1 heterocycles. The molecule has 1 amide bonds. The predicted molar refractivity (Wildman–Crippen MR) is 121 cm³/mol. The van der Waals surface area contributed by atoms with Gasteiger partial charge in [-0.15, -0.1) is 0 Å². The average Bonchev–Trinajstić information content (AvgIpc) is 2.96. The van der Waals surface area contributed by atoms with Gasteiger partial charge in [-0.1, -0.05) is 59.8 Å². The molecule has 0 aliphatic carbocycles. The van der Waals surface area contributed by atoms with Gasteiger partial charge in [-0.05, 0) is 24.3 Å². The Morgan fingerprint density at radius 1 is 1.10 bits per heavy atom. The molecule has 5 nitrogen and oxygen atoms in total. The van der Waals surface area contributed by atoms with Crippen LogP contribution in [-0.4, -0.2) is 42.5 Å². The van der Waals surface area contributed by atoms with Crippen LogP contribution in [0.2, 0.25) is 5.02 Å². The number of halogens is 1. The SMILES string of the molecule is COc1cccc(C=C2SC(=S)N(C)C2=O)c1OCCCOc1ccccc1Cl. The maximum Gasteiger partial charge on any atom is 0.265 e. The number of thioether (sulfide) groups is 1. The van der Waals surface area contributed by atoms with Crippen molar-refractivity contribution >= 4 is 51.9 Å². The highest BCUT2D eigenvalue weighted by atomic mass is 35.5. The van der Waals surface area contributed by atoms with Crippen molar-refractivity contribution in [2.24, 2.45) is 0 Å². The van der Waals surface area contributed by atoms with Crippen molar-refractivity contribution in [3.63, 3.8) is 0 Å². The number of carbonyl (C=O) groups excluding carboxylic acids is 1. The fourth-order valence-corrected chi connectivity index (χ4v) is 3.99. The predicted octanol–water partition coefficient (Wildman–Crippen LogP) is 5.03. The lowest BCUT2D eigenvalue weighted by Crippen LogP contribution is -2.22. The Bertz CT molecular complexity index is 948. The Morgan fingerprint density at radius 2 is 1.83 bits per heavy atom. The largest absolute Gasteiger partial charge is 0.493 e. The molecule has 0 N–H and O–H groups in total. The maximum atomic E-state index is 12.3. The zero-order valence-electron chi connectivity index (χ0n) is 16.0. The quantitative estimate of drug-likeness (QED) is 0.320. The molecule has 1 aliphatic rings. The zero-order valence-corrected chi connectivity index (χ0v) is 18.4. The van der Waals surface area contributed by atoms with E-state index in [1.165, 1.54) is 16.7 Å². The van der Waals surface area contributed by atoms with E-state index in [0.29, 0.717) is 51.1 Å². The normalized spacial score (nSPS) is 15.1. The van der Waals surface area contributed by atoms with Crippen molar-refractivity contribution in [3.05, 3.63) is 58.0 Å². The third-order valence-corrected chi connectivity index (χ3v) is 5.93. The van der Waals surface area contributed by atoms with Gasteiger partial charge in [0.2, 0.25) is 0 Å². The number of carbonyl (C=O) groups is 1. The Labute approximate surface area is 184 Å². The summed E-state index contributed by atoms with van der Waals surface area (Å²) in [5.41, 5.74) is 0.755. The lowest BCUT2D eigenvalue weighted by atomic mass is 10.1. The molecule has 2 aromatic rings. The molecule has 3 rings (SSSR count). The first-order chi connectivity index (χ1) is 14.0. The Balaban J connectivity index is 1.66. The Morgan fingerprint density at radius 3 is 2.52 bits per heavy atom. The van der Waals surface area contributed by atoms with E-state index in [9.17, 15) is 4.79 Å². The number of benzene rings is 2. The van der Waals surface area contributed by atoms with Crippen LogP contribution in [0.4, 0.5) is 0 Å². The molecule has 1 fully saturated rings. The minimum Gasteiger partial charge on any atom is -0.493 e. The van der Waals surface area contributed by atoms with Gasteiger partial charge in [-0.3, -0.25) is 9.69 Å². The first-order valence-electron chi connectivity index (χ1n) is 8.90. The molecule has 0 unspecified atom stereocenters. The van der Waals surface area contributed by atoms with Crippen molar-refractivity contribution in [1.29, 1.82) is 0 Å². The highest BCUT2D eigenvalue weighted by Gasteiger charge is 2.29. The number of thiocarbonyl (C=S) groups is 1. The maximum absolute atomic E-state index is 12.3. The van der Waals surface area contributed by atoms with Crippen LogP contribution in [-0.2, 0) is 4.79 Å². The molecule has 0 saturated carbocycles. The summed E-state index contributed by atoms with van der Waals surface area (Å²) in [5.74, 6) is 1.70. The summed E-state index contributed by atoms with van der Waals surface area (Å²) in [5, 5.41) is 0.577. The van der Waals surface area contributed by atoms with E-state index in [2.05, 4.69) is 0 Å². The highest BCUT2D eigenvalue weighted by molar-refractivity contribution is 8.26. The molecule has 8 heteroatoms. The lowest BCUT2D eigenvalue weighted by Gasteiger charge is -2.14. The number of para-hydroxylation sites is 2. The van der Waals surface area contributed by atoms with Crippen LogP contribution in [0.5, 0.6) is 17.2 Å². The van der Waals surface area contributed by atoms with E-state index in [1.807, 2.05) is 36.4 Å². The monoisotopic (exact) mass is 449 g/mol. The second kappa shape index (κ2) is 10.0. The van der Waals surface area contributed by atoms with E-state index in [-0.39, 0.29) is 5.91 Å². The summed E-state index contributed by atoms with van der Waals surface area (Å²) in [4.78, 5) is 14.3. The van der Waals surface area contributed by atoms with Gasteiger partial charge in [0, 0.05) is 19.0 Å². The van der Waals surface area contributed by atoms with Gasteiger partial charge in [0.15, 0.2) is 11.5 Å². The molecular weight excluding hydrogens is 430 g/mol. The number of methoxy groups -OCH3 is 1. The Hall–Kier alpha value is -2.22. The molecule has 0 radical (unpaired) electrons. The molecule has 1 saturated heterocycles. The van der Waals surface area contributed by atoms with Crippen LogP contribution in [0.3, 0.4) is 0 Å². The van der Waals surface area contributed by atoms with Gasteiger partial charge in [-0.25, -0.2) is 0 Å². The molecule has 0 aromatic heterocycles. The molecular formula is C21H20ClNO4S2. The third-order valence-electron chi connectivity index (χ3n) is 4.13. The van der Waals surface area contributed by atoms with Crippen molar-refractivity contribution in [3.8, 4) is 17.2 Å². The van der Waals surface area contributed by atoms with Crippen molar-refractivity contribution in [2.45, 2.75) is 6.42 Å². The molecule has 152 valence electrons. The summed E-state index contributed by atoms with van der Waals surface area (Å²) < 4.78 is 17.6. The van der Waals surface area contributed by atoms with Gasteiger partial charge in [0.25, 0.3) is 5.91 Å². The molecule has 29 heavy (non-hydrogen) atoms. The molecule has 2 aromatic carbocycles. The van der Waals surface area contributed by atoms with Crippen LogP contribution >= 0.6 is 35.6 Å². The Kier molecular flexibility index (Phi) is 7.41.